The van der Waals surface area contributed by atoms with E-state index in [0.29, 0.717) is 13.2 Å². The van der Waals surface area contributed by atoms with Crippen LogP contribution in [0.25, 0.3) is 0 Å². The molecule has 2 aromatic rings. The van der Waals surface area contributed by atoms with Crippen molar-refractivity contribution in [2.75, 3.05) is 13.2 Å². The number of ether oxygens (including phenoxy) is 1. The van der Waals surface area contributed by atoms with Crippen molar-refractivity contribution in [1.82, 2.24) is 5.32 Å². The van der Waals surface area contributed by atoms with Crippen LogP contribution in [0.15, 0.2) is 51.9 Å². The predicted octanol–water partition coefficient (Wildman–Crippen LogP) is 2.40. The van der Waals surface area contributed by atoms with E-state index >= 15 is 0 Å². The molecule has 1 amide bonds. The number of hydrogen-bond donors (Lipinski definition) is 1. The number of rotatable bonds is 7. The molecule has 2 rings (SSSR count). The van der Waals surface area contributed by atoms with E-state index in [-0.39, 0.29) is 16.9 Å². The van der Waals surface area contributed by atoms with Gasteiger partial charge in [-0.15, -0.1) is 0 Å². The van der Waals surface area contributed by atoms with Crippen LogP contribution in [0.4, 0.5) is 0 Å². The number of hydrogen-bond acceptors (Lipinski definition) is 4. The first-order valence-corrected chi connectivity index (χ1v) is 7.28. The highest BCUT2D eigenvalue weighted by Crippen LogP contribution is 2.06. The van der Waals surface area contributed by atoms with Crippen LogP contribution in [0, 0.1) is 0 Å². The molecule has 1 aromatic carbocycles. The number of benzene rings is 1. The van der Waals surface area contributed by atoms with Crippen LogP contribution in [0.2, 0.25) is 0 Å². The molecule has 0 fully saturated rings. The van der Waals surface area contributed by atoms with Crippen molar-refractivity contribution in [3.8, 4) is 5.75 Å². The van der Waals surface area contributed by atoms with Crippen LogP contribution in [0.3, 0.4) is 0 Å². The summed E-state index contributed by atoms with van der Waals surface area (Å²) in [6.07, 6.45) is 2.87. The Bertz CT molecular complexity index is 664. The zero-order valence-electron chi connectivity index (χ0n) is 12.5. The third kappa shape index (κ3) is 4.48. The molecule has 5 nitrogen and oxygen atoms in total. The fraction of sp³-hybridized carbons (Fsp3) is 0.294. The first-order chi connectivity index (χ1) is 10.7. The summed E-state index contributed by atoms with van der Waals surface area (Å²) in [6.45, 7) is 2.66. The summed E-state index contributed by atoms with van der Waals surface area (Å²) >= 11 is 0. The monoisotopic (exact) mass is 301 g/mol. The molecule has 0 atom stereocenters. The second-order valence-corrected chi connectivity index (χ2v) is 4.75. The number of aryl methyl sites for hydroxylation is 1. The maximum absolute atomic E-state index is 11.9. The van der Waals surface area contributed by atoms with Gasteiger partial charge in [0, 0.05) is 12.6 Å². The van der Waals surface area contributed by atoms with E-state index in [9.17, 15) is 9.59 Å². The maximum Gasteiger partial charge on any atom is 0.287 e. The van der Waals surface area contributed by atoms with E-state index in [2.05, 4.69) is 5.32 Å². The Hall–Kier alpha value is -2.56. The highest BCUT2D eigenvalue weighted by Gasteiger charge is 2.11. The molecule has 0 aliphatic rings. The van der Waals surface area contributed by atoms with Crippen molar-refractivity contribution in [3.05, 3.63) is 64.2 Å². The number of nitrogens with one attached hydrogen (secondary N) is 1. The van der Waals surface area contributed by atoms with Crippen LogP contribution >= 0.6 is 0 Å². The maximum atomic E-state index is 11.9. The Balaban J connectivity index is 1.82. The van der Waals surface area contributed by atoms with Gasteiger partial charge >= 0.3 is 0 Å². The SMILES string of the molecule is CCOc1coc(C(=O)NCCCc2ccccc2)cc1=O. The smallest absolute Gasteiger partial charge is 0.287 e. The quantitative estimate of drug-likeness (QED) is 0.797. The lowest BCUT2D eigenvalue weighted by molar-refractivity contribution is 0.0922. The molecule has 0 saturated carbocycles. The number of amides is 1. The van der Waals surface area contributed by atoms with Gasteiger partial charge in [-0.25, -0.2) is 0 Å². The van der Waals surface area contributed by atoms with Crippen LogP contribution in [0.1, 0.15) is 29.5 Å². The van der Waals surface area contributed by atoms with Gasteiger partial charge in [0.15, 0.2) is 5.76 Å². The lowest BCUT2D eigenvalue weighted by atomic mass is 10.1. The molecular weight excluding hydrogens is 282 g/mol. The minimum Gasteiger partial charge on any atom is -0.487 e. The van der Waals surface area contributed by atoms with Crippen molar-refractivity contribution < 1.29 is 13.9 Å². The zero-order valence-corrected chi connectivity index (χ0v) is 12.5. The lowest BCUT2D eigenvalue weighted by Gasteiger charge is -2.05. The van der Waals surface area contributed by atoms with E-state index in [1.165, 1.54) is 11.8 Å². The summed E-state index contributed by atoms with van der Waals surface area (Å²) in [5.74, 6) is -0.287. The standard InChI is InChI=1S/C17H19NO4/c1-2-21-16-12-22-15(11-14(16)19)17(20)18-10-6-9-13-7-4-3-5-8-13/h3-5,7-8,11-12H,2,6,9-10H2,1H3,(H,18,20). The van der Waals surface area contributed by atoms with Crippen LogP contribution in [-0.4, -0.2) is 19.1 Å². The van der Waals surface area contributed by atoms with Crippen molar-refractivity contribution >= 4 is 5.91 Å². The lowest BCUT2D eigenvalue weighted by Crippen LogP contribution is -2.25. The third-order valence-corrected chi connectivity index (χ3v) is 3.09. The second-order valence-electron chi connectivity index (χ2n) is 4.75. The number of carbonyl (C=O) groups excluding carboxylic acids is 1. The number of carbonyl (C=O) groups is 1. The first kappa shape index (κ1) is 15.8. The van der Waals surface area contributed by atoms with Gasteiger partial charge < -0.3 is 14.5 Å². The topological polar surface area (TPSA) is 68.5 Å². The van der Waals surface area contributed by atoms with Gasteiger partial charge in [-0.2, -0.15) is 0 Å². The molecule has 0 spiro atoms. The molecule has 1 heterocycles. The fourth-order valence-electron chi connectivity index (χ4n) is 2.01. The molecule has 0 unspecified atom stereocenters. The van der Waals surface area contributed by atoms with Gasteiger partial charge in [-0.1, -0.05) is 30.3 Å². The summed E-state index contributed by atoms with van der Waals surface area (Å²) < 4.78 is 10.2. The Labute approximate surface area is 128 Å². The minimum absolute atomic E-state index is 0.00633. The van der Waals surface area contributed by atoms with Gasteiger partial charge in [-0.3, -0.25) is 9.59 Å². The molecule has 116 valence electrons. The van der Waals surface area contributed by atoms with Crippen LogP contribution in [0.5, 0.6) is 5.75 Å². The molecule has 5 heteroatoms. The molecule has 22 heavy (non-hydrogen) atoms. The molecule has 0 saturated heterocycles. The summed E-state index contributed by atoms with van der Waals surface area (Å²) in [7, 11) is 0. The molecule has 0 aliphatic heterocycles. The molecule has 0 aliphatic carbocycles. The van der Waals surface area contributed by atoms with Crippen molar-refractivity contribution in [2.24, 2.45) is 0 Å². The molecule has 0 bridgehead atoms. The molecule has 1 N–H and O–H groups in total. The molecular formula is C17H19NO4. The summed E-state index contributed by atoms with van der Waals surface area (Å²) in [5.41, 5.74) is 0.867. The average Bonchev–Trinajstić information content (AvgIpc) is 2.54. The van der Waals surface area contributed by atoms with Gasteiger partial charge in [0.1, 0.15) is 6.26 Å². The minimum atomic E-state index is -0.395. The van der Waals surface area contributed by atoms with Crippen molar-refractivity contribution in [3.63, 3.8) is 0 Å². The van der Waals surface area contributed by atoms with Crippen molar-refractivity contribution in [1.29, 1.82) is 0 Å². The Morgan fingerprint density at radius 3 is 2.73 bits per heavy atom. The zero-order chi connectivity index (χ0) is 15.8. The van der Waals surface area contributed by atoms with E-state index < -0.39 is 5.91 Å². The van der Waals surface area contributed by atoms with E-state index in [0.717, 1.165) is 18.9 Å². The fourth-order valence-corrected chi connectivity index (χ4v) is 2.01. The summed E-state index contributed by atoms with van der Waals surface area (Å²) in [4.78, 5) is 23.6. The van der Waals surface area contributed by atoms with Crippen molar-refractivity contribution in [2.45, 2.75) is 19.8 Å². The van der Waals surface area contributed by atoms with E-state index in [1.54, 1.807) is 6.92 Å². The highest BCUT2D eigenvalue weighted by molar-refractivity contribution is 5.91. The van der Waals surface area contributed by atoms with Crippen LogP contribution < -0.4 is 15.5 Å². The third-order valence-electron chi connectivity index (χ3n) is 3.09. The Morgan fingerprint density at radius 1 is 1.27 bits per heavy atom. The first-order valence-electron chi connectivity index (χ1n) is 7.28. The average molecular weight is 301 g/mol. The Morgan fingerprint density at radius 2 is 2.05 bits per heavy atom. The largest absolute Gasteiger partial charge is 0.487 e. The van der Waals surface area contributed by atoms with Crippen LogP contribution in [-0.2, 0) is 6.42 Å². The molecule has 0 radical (unpaired) electrons. The summed E-state index contributed by atoms with van der Waals surface area (Å²) in [5, 5.41) is 2.74. The van der Waals surface area contributed by atoms with E-state index in [4.69, 9.17) is 9.15 Å². The normalized spacial score (nSPS) is 10.2. The summed E-state index contributed by atoms with van der Waals surface area (Å²) in [6, 6.07) is 11.2. The van der Waals surface area contributed by atoms with E-state index in [1.807, 2.05) is 30.3 Å². The molecule has 1 aromatic heterocycles. The Kier molecular flexibility index (Phi) is 5.77. The highest BCUT2D eigenvalue weighted by atomic mass is 16.5. The predicted molar refractivity (Wildman–Crippen MR) is 83.2 cm³/mol. The van der Waals surface area contributed by atoms with Gasteiger partial charge in [-0.05, 0) is 25.3 Å². The van der Waals surface area contributed by atoms with Gasteiger partial charge in [0.2, 0.25) is 11.2 Å². The second kappa shape index (κ2) is 8.02. The van der Waals surface area contributed by atoms with Gasteiger partial charge in [0.05, 0.1) is 6.61 Å². The van der Waals surface area contributed by atoms with Gasteiger partial charge in [0.25, 0.3) is 5.91 Å².